The maximum Gasteiger partial charge on any atom is 0.306 e. The van der Waals surface area contributed by atoms with Crippen molar-refractivity contribution in [3.63, 3.8) is 0 Å². The van der Waals surface area contributed by atoms with Crippen molar-refractivity contribution in [1.82, 2.24) is 9.80 Å². The molecule has 0 aromatic heterocycles. The van der Waals surface area contributed by atoms with Crippen molar-refractivity contribution in [3.8, 4) is 0 Å². The number of ether oxygens (including phenoxy) is 1. The van der Waals surface area contributed by atoms with E-state index in [4.69, 9.17) is 4.74 Å². The lowest BCUT2D eigenvalue weighted by atomic mass is 10.2. The zero-order valence-electron chi connectivity index (χ0n) is 11.6. The fourth-order valence-corrected chi connectivity index (χ4v) is 2.33. The number of hydrogen-bond acceptors (Lipinski definition) is 4. The summed E-state index contributed by atoms with van der Waals surface area (Å²) in [6.45, 7) is 6.90. The van der Waals surface area contributed by atoms with Gasteiger partial charge in [0.1, 0.15) is 0 Å². The summed E-state index contributed by atoms with van der Waals surface area (Å²) in [5, 5.41) is 0. The third kappa shape index (κ3) is 4.64. The van der Waals surface area contributed by atoms with Crippen LogP contribution < -0.4 is 0 Å². The van der Waals surface area contributed by atoms with Crippen LogP contribution in [-0.4, -0.2) is 61.0 Å². The third-order valence-corrected chi connectivity index (χ3v) is 3.22. The van der Waals surface area contributed by atoms with Crippen LogP contribution in [0.2, 0.25) is 0 Å². The highest BCUT2D eigenvalue weighted by Gasteiger charge is 2.24. The van der Waals surface area contributed by atoms with Gasteiger partial charge in [-0.3, -0.25) is 9.59 Å². The van der Waals surface area contributed by atoms with Gasteiger partial charge in [0.25, 0.3) is 0 Å². The Morgan fingerprint density at radius 3 is 2.67 bits per heavy atom. The van der Waals surface area contributed by atoms with Crippen LogP contribution in [0.5, 0.6) is 0 Å². The molecule has 5 heteroatoms. The predicted molar refractivity (Wildman–Crippen MR) is 69.2 cm³/mol. The molecule has 1 aliphatic heterocycles. The summed E-state index contributed by atoms with van der Waals surface area (Å²) in [6, 6.07) is 0.215. The SMILES string of the molecule is CCOC(=O)CCC(=O)N1CCCN(C)CC1C. The van der Waals surface area contributed by atoms with Crippen LogP contribution in [-0.2, 0) is 14.3 Å². The van der Waals surface area contributed by atoms with Crippen LogP contribution in [0.4, 0.5) is 0 Å². The Morgan fingerprint density at radius 1 is 1.28 bits per heavy atom. The van der Waals surface area contributed by atoms with E-state index in [1.165, 1.54) is 0 Å². The van der Waals surface area contributed by atoms with Crippen LogP contribution in [0, 0.1) is 0 Å². The summed E-state index contributed by atoms with van der Waals surface area (Å²) in [7, 11) is 2.07. The van der Waals surface area contributed by atoms with Crippen molar-refractivity contribution in [2.75, 3.05) is 33.3 Å². The quantitative estimate of drug-likeness (QED) is 0.701. The first-order chi connectivity index (χ1) is 8.54. The zero-order valence-corrected chi connectivity index (χ0v) is 11.6. The highest BCUT2D eigenvalue weighted by atomic mass is 16.5. The van der Waals surface area contributed by atoms with Crippen molar-refractivity contribution in [2.24, 2.45) is 0 Å². The Balaban J connectivity index is 2.42. The maximum atomic E-state index is 12.1. The number of carbonyl (C=O) groups is 2. The molecule has 1 saturated heterocycles. The second-order valence-corrected chi connectivity index (χ2v) is 4.86. The summed E-state index contributed by atoms with van der Waals surface area (Å²) < 4.78 is 4.83. The molecule has 0 aliphatic carbocycles. The lowest BCUT2D eigenvalue weighted by molar-refractivity contribution is -0.146. The molecule has 1 unspecified atom stereocenters. The van der Waals surface area contributed by atoms with E-state index in [1.807, 2.05) is 4.90 Å². The van der Waals surface area contributed by atoms with E-state index in [2.05, 4.69) is 18.9 Å². The number of esters is 1. The molecule has 5 nitrogen and oxygen atoms in total. The number of amides is 1. The summed E-state index contributed by atoms with van der Waals surface area (Å²) in [6.07, 6.45) is 1.44. The van der Waals surface area contributed by atoms with Gasteiger partial charge >= 0.3 is 5.97 Å². The Morgan fingerprint density at radius 2 is 2.00 bits per heavy atom. The lowest BCUT2D eigenvalue weighted by Crippen LogP contribution is -2.42. The minimum absolute atomic E-state index is 0.0610. The molecular formula is C13H24N2O3. The van der Waals surface area contributed by atoms with Gasteiger partial charge < -0.3 is 14.5 Å². The molecule has 0 N–H and O–H groups in total. The van der Waals surface area contributed by atoms with Crippen molar-refractivity contribution in [2.45, 2.75) is 39.2 Å². The van der Waals surface area contributed by atoms with Crippen LogP contribution in [0.25, 0.3) is 0 Å². The fourth-order valence-electron chi connectivity index (χ4n) is 2.33. The van der Waals surface area contributed by atoms with E-state index >= 15 is 0 Å². The van der Waals surface area contributed by atoms with Gasteiger partial charge in [0, 0.05) is 25.6 Å². The van der Waals surface area contributed by atoms with Crippen molar-refractivity contribution in [1.29, 1.82) is 0 Å². The number of likely N-dealkylation sites (N-methyl/N-ethyl adjacent to an activating group) is 1. The minimum Gasteiger partial charge on any atom is -0.466 e. The summed E-state index contributed by atoms with van der Waals surface area (Å²) in [5.41, 5.74) is 0. The minimum atomic E-state index is -0.287. The Labute approximate surface area is 109 Å². The Kier molecular flexibility index (Phi) is 6.12. The molecule has 1 aliphatic rings. The molecule has 0 bridgehead atoms. The fraction of sp³-hybridized carbons (Fsp3) is 0.846. The first kappa shape index (κ1) is 15.0. The first-order valence-corrected chi connectivity index (χ1v) is 6.68. The highest BCUT2D eigenvalue weighted by Crippen LogP contribution is 2.11. The van der Waals surface area contributed by atoms with E-state index < -0.39 is 0 Å². The molecule has 0 radical (unpaired) electrons. The Hall–Kier alpha value is -1.10. The van der Waals surface area contributed by atoms with Gasteiger partial charge in [-0.25, -0.2) is 0 Å². The average Bonchev–Trinajstić information content (AvgIpc) is 2.47. The predicted octanol–water partition coefficient (Wildman–Crippen LogP) is 0.882. The van der Waals surface area contributed by atoms with E-state index in [-0.39, 0.29) is 30.8 Å². The Bertz CT molecular complexity index is 294. The van der Waals surface area contributed by atoms with Crippen molar-refractivity contribution >= 4 is 11.9 Å². The van der Waals surface area contributed by atoms with Gasteiger partial charge in [0.15, 0.2) is 0 Å². The second kappa shape index (κ2) is 7.36. The molecule has 0 saturated carbocycles. The molecule has 0 spiro atoms. The highest BCUT2D eigenvalue weighted by molar-refractivity contribution is 5.81. The summed E-state index contributed by atoms with van der Waals surface area (Å²) in [4.78, 5) is 27.4. The van der Waals surface area contributed by atoms with Crippen molar-refractivity contribution in [3.05, 3.63) is 0 Å². The number of rotatable bonds is 4. The molecule has 104 valence electrons. The standard InChI is InChI=1S/C13H24N2O3/c1-4-18-13(17)7-6-12(16)15-9-5-8-14(3)10-11(15)2/h11H,4-10H2,1-3H3. The maximum absolute atomic E-state index is 12.1. The number of carbonyl (C=O) groups excluding carboxylic acids is 2. The van der Waals surface area contributed by atoms with E-state index in [1.54, 1.807) is 6.92 Å². The largest absolute Gasteiger partial charge is 0.466 e. The van der Waals surface area contributed by atoms with Gasteiger partial charge in [-0.2, -0.15) is 0 Å². The van der Waals surface area contributed by atoms with Crippen molar-refractivity contribution < 1.29 is 14.3 Å². The van der Waals surface area contributed by atoms with Crippen LogP contribution >= 0.6 is 0 Å². The second-order valence-electron chi connectivity index (χ2n) is 4.86. The zero-order chi connectivity index (χ0) is 13.5. The molecule has 1 amide bonds. The number of hydrogen-bond donors (Lipinski definition) is 0. The molecule has 0 aromatic rings. The molecule has 0 aromatic carbocycles. The third-order valence-electron chi connectivity index (χ3n) is 3.22. The molecule has 1 atom stereocenters. The van der Waals surface area contributed by atoms with Crippen LogP contribution in [0.1, 0.15) is 33.1 Å². The van der Waals surface area contributed by atoms with Crippen LogP contribution in [0.3, 0.4) is 0 Å². The normalized spacial score (nSPS) is 21.5. The molecular weight excluding hydrogens is 232 g/mol. The summed E-state index contributed by atoms with van der Waals surface area (Å²) in [5.74, 6) is -0.226. The van der Waals surface area contributed by atoms with E-state index in [0.717, 1.165) is 26.1 Å². The molecule has 18 heavy (non-hydrogen) atoms. The van der Waals surface area contributed by atoms with Gasteiger partial charge in [0.05, 0.1) is 13.0 Å². The van der Waals surface area contributed by atoms with Gasteiger partial charge in [-0.05, 0) is 33.9 Å². The lowest BCUT2D eigenvalue weighted by Gasteiger charge is -2.28. The molecule has 1 fully saturated rings. The van der Waals surface area contributed by atoms with Gasteiger partial charge in [-0.15, -0.1) is 0 Å². The first-order valence-electron chi connectivity index (χ1n) is 6.68. The molecule has 1 heterocycles. The van der Waals surface area contributed by atoms with Crippen LogP contribution in [0.15, 0.2) is 0 Å². The van der Waals surface area contributed by atoms with E-state index in [0.29, 0.717) is 6.61 Å². The number of nitrogens with zero attached hydrogens (tertiary/aromatic N) is 2. The smallest absolute Gasteiger partial charge is 0.306 e. The van der Waals surface area contributed by atoms with Gasteiger partial charge in [-0.1, -0.05) is 0 Å². The van der Waals surface area contributed by atoms with Gasteiger partial charge in [0.2, 0.25) is 5.91 Å². The molecule has 1 rings (SSSR count). The summed E-state index contributed by atoms with van der Waals surface area (Å²) >= 11 is 0. The van der Waals surface area contributed by atoms with E-state index in [9.17, 15) is 9.59 Å². The average molecular weight is 256 g/mol. The monoisotopic (exact) mass is 256 g/mol. The topological polar surface area (TPSA) is 49.9 Å².